The third-order valence-corrected chi connectivity index (χ3v) is 7.47. The lowest BCUT2D eigenvalue weighted by molar-refractivity contribution is -0.145. The Morgan fingerprint density at radius 3 is 2.30 bits per heavy atom. The number of benzene rings is 3. The van der Waals surface area contributed by atoms with Crippen molar-refractivity contribution in [2.45, 2.75) is 49.2 Å². The van der Waals surface area contributed by atoms with Crippen molar-refractivity contribution in [3.05, 3.63) is 101 Å². The van der Waals surface area contributed by atoms with Crippen LogP contribution in [0.15, 0.2) is 78.9 Å². The minimum absolute atomic E-state index is 0.239. The molecule has 0 aliphatic heterocycles. The fourth-order valence-electron chi connectivity index (χ4n) is 6.01. The average Bonchev–Trinajstić information content (AvgIpc) is 2.76. The average molecular weight is 401 g/mol. The van der Waals surface area contributed by atoms with E-state index in [1.54, 1.807) is 6.07 Å². The highest BCUT2D eigenvalue weighted by atomic mass is 16.3. The molecule has 0 amide bonds. The largest absolute Gasteiger partial charge is 0.508 e. The summed E-state index contributed by atoms with van der Waals surface area (Å²) in [4.78, 5) is 0. The molecular weight excluding hydrogens is 372 g/mol. The number of fused-ring (bicyclic) bond motifs is 3. The van der Waals surface area contributed by atoms with Gasteiger partial charge in [0.05, 0.1) is 6.10 Å². The molecule has 3 unspecified atom stereocenters. The molecule has 2 aliphatic rings. The van der Waals surface area contributed by atoms with E-state index in [1.165, 1.54) is 16.7 Å². The lowest BCUT2D eigenvalue weighted by Gasteiger charge is -2.55. The topological polar surface area (TPSA) is 60.7 Å². The van der Waals surface area contributed by atoms with Crippen molar-refractivity contribution in [1.82, 2.24) is 0 Å². The smallest absolute Gasteiger partial charge is 0.116 e. The Kier molecular flexibility index (Phi) is 4.68. The van der Waals surface area contributed by atoms with Gasteiger partial charge in [0.2, 0.25) is 0 Å². The molecule has 30 heavy (non-hydrogen) atoms. The van der Waals surface area contributed by atoms with Gasteiger partial charge in [0.1, 0.15) is 11.4 Å². The van der Waals surface area contributed by atoms with Gasteiger partial charge < -0.3 is 15.3 Å². The number of phenols is 1. The molecule has 3 N–H and O–H groups in total. The van der Waals surface area contributed by atoms with Gasteiger partial charge in [0, 0.05) is 5.41 Å². The highest BCUT2D eigenvalue weighted by Gasteiger charge is 2.56. The fourth-order valence-corrected chi connectivity index (χ4v) is 6.01. The third kappa shape index (κ3) is 3.05. The molecule has 3 heteroatoms. The van der Waals surface area contributed by atoms with Gasteiger partial charge in [-0.2, -0.15) is 0 Å². The molecule has 0 bridgehead atoms. The lowest BCUT2D eigenvalue weighted by atomic mass is 9.51. The fraction of sp³-hybridized carbons (Fsp3) is 0.333. The Morgan fingerprint density at radius 2 is 1.57 bits per heavy atom. The zero-order valence-corrected chi connectivity index (χ0v) is 17.0. The molecule has 0 spiro atoms. The predicted octanol–water partition coefficient (Wildman–Crippen LogP) is 4.48. The summed E-state index contributed by atoms with van der Waals surface area (Å²) < 4.78 is 0. The molecule has 3 nitrogen and oxygen atoms in total. The number of aliphatic hydroxyl groups excluding tert-OH is 1. The maximum atomic E-state index is 11.6. The normalized spacial score (nSPS) is 30.3. The molecule has 3 aromatic carbocycles. The van der Waals surface area contributed by atoms with Gasteiger partial charge in [0.15, 0.2) is 0 Å². The number of hydrogen-bond acceptors (Lipinski definition) is 3. The van der Waals surface area contributed by atoms with Crippen molar-refractivity contribution in [1.29, 1.82) is 0 Å². The van der Waals surface area contributed by atoms with Gasteiger partial charge in [0.25, 0.3) is 0 Å². The lowest BCUT2D eigenvalue weighted by Crippen LogP contribution is -2.57. The summed E-state index contributed by atoms with van der Waals surface area (Å²) >= 11 is 0. The van der Waals surface area contributed by atoms with Crippen LogP contribution in [0.4, 0.5) is 0 Å². The maximum Gasteiger partial charge on any atom is 0.116 e. The van der Waals surface area contributed by atoms with Gasteiger partial charge in [-0.15, -0.1) is 0 Å². The number of aryl methyl sites for hydroxylation is 1. The second kappa shape index (κ2) is 7.26. The van der Waals surface area contributed by atoms with Crippen LogP contribution in [0, 0.1) is 5.92 Å². The van der Waals surface area contributed by atoms with Gasteiger partial charge >= 0.3 is 0 Å². The van der Waals surface area contributed by atoms with E-state index in [-0.39, 0.29) is 11.3 Å². The second-order valence-corrected chi connectivity index (χ2v) is 9.11. The second-order valence-electron chi connectivity index (χ2n) is 9.11. The summed E-state index contributed by atoms with van der Waals surface area (Å²) in [5, 5.41) is 33.0. The van der Waals surface area contributed by atoms with Gasteiger partial charge in [-0.05, 0) is 72.4 Å². The number of aromatic hydroxyl groups is 1. The molecule has 5 rings (SSSR count). The van der Waals surface area contributed by atoms with Crippen LogP contribution in [-0.4, -0.2) is 21.4 Å². The van der Waals surface area contributed by atoms with Crippen molar-refractivity contribution in [2.75, 3.05) is 0 Å². The third-order valence-electron chi connectivity index (χ3n) is 7.47. The van der Waals surface area contributed by atoms with E-state index in [9.17, 15) is 15.3 Å². The molecule has 0 heterocycles. The van der Waals surface area contributed by atoms with Crippen molar-refractivity contribution in [3.8, 4) is 5.75 Å². The molecule has 3 aromatic rings. The molecule has 154 valence electrons. The Labute approximate surface area is 177 Å². The van der Waals surface area contributed by atoms with E-state index in [0.717, 1.165) is 24.8 Å². The van der Waals surface area contributed by atoms with Gasteiger partial charge in [-0.3, -0.25) is 0 Å². The van der Waals surface area contributed by atoms with Gasteiger partial charge in [-0.1, -0.05) is 66.7 Å². The Morgan fingerprint density at radius 1 is 0.867 bits per heavy atom. The Balaban J connectivity index is 1.62. The zero-order valence-electron chi connectivity index (χ0n) is 17.0. The van der Waals surface area contributed by atoms with Crippen molar-refractivity contribution in [2.24, 2.45) is 5.92 Å². The number of rotatable bonds is 3. The van der Waals surface area contributed by atoms with Crippen LogP contribution in [0.1, 0.15) is 41.5 Å². The van der Waals surface area contributed by atoms with Crippen LogP contribution < -0.4 is 0 Å². The van der Waals surface area contributed by atoms with Crippen LogP contribution in [0.25, 0.3) is 0 Å². The van der Waals surface area contributed by atoms with E-state index in [0.29, 0.717) is 18.6 Å². The first-order valence-electron chi connectivity index (χ1n) is 10.8. The minimum Gasteiger partial charge on any atom is -0.508 e. The summed E-state index contributed by atoms with van der Waals surface area (Å²) in [6, 6.07) is 25.7. The Bertz CT molecular complexity index is 1030. The molecule has 2 aliphatic carbocycles. The molecule has 4 atom stereocenters. The molecule has 1 fully saturated rings. The summed E-state index contributed by atoms with van der Waals surface area (Å²) in [6.07, 6.45) is 2.80. The summed E-state index contributed by atoms with van der Waals surface area (Å²) in [6.45, 7) is 0. The van der Waals surface area contributed by atoms with E-state index in [4.69, 9.17) is 0 Å². The highest BCUT2D eigenvalue weighted by Crippen LogP contribution is 2.56. The summed E-state index contributed by atoms with van der Waals surface area (Å²) in [7, 11) is 0. The van der Waals surface area contributed by atoms with Crippen LogP contribution in [-0.2, 0) is 23.9 Å². The summed E-state index contributed by atoms with van der Waals surface area (Å²) in [5.41, 5.74) is 2.92. The van der Waals surface area contributed by atoms with Crippen LogP contribution in [0.2, 0.25) is 0 Å². The predicted molar refractivity (Wildman–Crippen MR) is 117 cm³/mol. The van der Waals surface area contributed by atoms with E-state index >= 15 is 0 Å². The van der Waals surface area contributed by atoms with Crippen LogP contribution >= 0.6 is 0 Å². The number of aliphatic hydroxyl groups is 2. The van der Waals surface area contributed by atoms with Crippen LogP contribution in [0.3, 0.4) is 0 Å². The minimum atomic E-state index is -1.24. The molecule has 0 aromatic heterocycles. The highest BCUT2D eigenvalue weighted by molar-refractivity contribution is 5.45. The monoisotopic (exact) mass is 400 g/mol. The van der Waals surface area contributed by atoms with Crippen molar-refractivity contribution >= 4 is 0 Å². The SMILES string of the molecule is Oc1ccc2c(c1)CC[C@@H]1CC(O)(c3ccccc3)C(O)CC21Cc1ccccc1. The van der Waals surface area contributed by atoms with Gasteiger partial charge in [-0.25, -0.2) is 0 Å². The first-order chi connectivity index (χ1) is 14.5. The first-order valence-corrected chi connectivity index (χ1v) is 10.8. The van der Waals surface area contributed by atoms with E-state index < -0.39 is 11.7 Å². The number of phenolic OH excluding ortho intramolecular Hbond substituents is 1. The van der Waals surface area contributed by atoms with Crippen molar-refractivity contribution < 1.29 is 15.3 Å². The maximum absolute atomic E-state index is 11.6. The molecular formula is C27H28O3. The number of hydrogen-bond donors (Lipinski definition) is 3. The summed E-state index contributed by atoms with van der Waals surface area (Å²) in [5.74, 6) is 0.530. The van der Waals surface area contributed by atoms with Crippen LogP contribution in [0.5, 0.6) is 5.75 Å². The van der Waals surface area contributed by atoms with E-state index in [2.05, 4.69) is 24.3 Å². The van der Waals surface area contributed by atoms with E-state index in [1.807, 2.05) is 48.5 Å². The molecule has 0 radical (unpaired) electrons. The quantitative estimate of drug-likeness (QED) is 0.608. The Hall–Kier alpha value is -2.62. The molecule has 1 saturated carbocycles. The van der Waals surface area contributed by atoms with Crippen molar-refractivity contribution in [3.63, 3.8) is 0 Å². The standard InChI is InChI=1S/C27H28O3/c28-23-13-14-24-20(15-23)11-12-22-17-27(30,21-9-5-2-6-10-21)25(29)18-26(22,24)16-19-7-3-1-4-8-19/h1-10,13-15,22,25,28-30H,11-12,16-18H2/t22-,25?,26?,27?/m1/s1. The zero-order chi connectivity index (χ0) is 20.8. The molecule has 0 saturated heterocycles. The first kappa shape index (κ1) is 19.3.